The van der Waals surface area contributed by atoms with E-state index in [9.17, 15) is 13.6 Å². The number of rotatable bonds is 4. The molecular weight excluding hydrogens is 388 g/mol. The van der Waals surface area contributed by atoms with E-state index in [1.54, 1.807) is 7.05 Å². The number of hydrogen-bond acceptors (Lipinski definition) is 4. The van der Waals surface area contributed by atoms with E-state index >= 15 is 0 Å². The lowest BCUT2D eigenvalue weighted by Gasteiger charge is -2.34. The molecule has 2 heterocycles. The van der Waals surface area contributed by atoms with E-state index in [0.29, 0.717) is 5.69 Å². The first kappa shape index (κ1) is 20.0. The summed E-state index contributed by atoms with van der Waals surface area (Å²) in [6.45, 7) is 3.96. The highest BCUT2D eigenvalue weighted by Gasteiger charge is 2.20. The van der Waals surface area contributed by atoms with E-state index in [4.69, 9.17) is 0 Å². The first-order valence-electron chi connectivity index (χ1n) is 9.74. The zero-order valence-electron chi connectivity index (χ0n) is 16.9. The molecule has 30 heavy (non-hydrogen) atoms. The van der Waals surface area contributed by atoms with Gasteiger partial charge in [0, 0.05) is 62.4 Å². The highest BCUT2D eigenvalue weighted by Crippen LogP contribution is 2.27. The van der Waals surface area contributed by atoms with Gasteiger partial charge in [-0.15, -0.1) is 0 Å². The van der Waals surface area contributed by atoms with Crippen LogP contribution in [0.1, 0.15) is 10.4 Å². The Hall–Kier alpha value is -3.26. The molecule has 1 amide bonds. The van der Waals surface area contributed by atoms with Gasteiger partial charge in [-0.1, -0.05) is 0 Å². The number of halogens is 2. The Labute approximate surface area is 173 Å². The molecule has 0 spiro atoms. The normalized spacial score (nSPS) is 14.7. The summed E-state index contributed by atoms with van der Waals surface area (Å²) in [6, 6.07) is 10.9. The van der Waals surface area contributed by atoms with Crippen LogP contribution in [0.5, 0.6) is 0 Å². The number of carbonyl (C=O) groups excluding carboxylic acids is 1. The molecule has 0 bridgehead atoms. The van der Waals surface area contributed by atoms with Gasteiger partial charge in [0.15, 0.2) is 0 Å². The van der Waals surface area contributed by atoms with E-state index in [1.807, 2.05) is 24.3 Å². The maximum atomic E-state index is 14.2. The largest absolute Gasteiger partial charge is 0.369 e. The number of benzene rings is 2. The van der Waals surface area contributed by atoms with Gasteiger partial charge in [-0.2, -0.15) is 5.10 Å². The maximum absolute atomic E-state index is 14.2. The van der Waals surface area contributed by atoms with Gasteiger partial charge in [-0.25, -0.2) is 8.78 Å². The number of anilines is 2. The van der Waals surface area contributed by atoms with Crippen molar-refractivity contribution in [3.05, 3.63) is 65.9 Å². The summed E-state index contributed by atoms with van der Waals surface area (Å²) in [5.74, 6) is -1.85. The maximum Gasteiger partial charge on any atom is 0.259 e. The number of aromatic nitrogens is 2. The third-order valence-electron chi connectivity index (χ3n) is 5.25. The summed E-state index contributed by atoms with van der Waals surface area (Å²) in [7, 11) is 3.76. The number of hydrogen-bond donors (Lipinski definition) is 1. The number of nitrogens with one attached hydrogen (secondary N) is 1. The van der Waals surface area contributed by atoms with Crippen LogP contribution in [0, 0.1) is 11.6 Å². The minimum atomic E-state index is -0.765. The molecule has 2 aromatic carbocycles. The molecule has 0 atom stereocenters. The molecule has 1 aromatic heterocycles. The van der Waals surface area contributed by atoms with E-state index in [0.717, 1.165) is 44.0 Å². The van der Waals surface area contributed by atoms with Gasteiger partial charge in [0.25, 0.3) is 5.91 Å². The van der Waals surface area contributed by atoms with Crippen molar-refractivity contribution in [3.8, 4) is 11.3 Å². The van der Waals surface area contributed by atoms with Gasteiger partial charge in [0.1, 0.15) is 17.3 Å². The van der Waals surface area contributed by atoms with E-state index in [2.05, 4.69) is 27.3 Å². The van der Waals surface area contributed by atoms with Gasteiger partial charge in [0.05, 0.1) is 5.56 Å². The van der Waals surface area contributed by atoms with Crippen molar-refractivity contribution in [2.24, 2.45) is 7.05 Å². The first-order chi connectivity index (χ1) is 14.4. The van der Waals surface area contributed by atoms with Crippen LogP contribution in [0.25, 0.3) is 11.3 Å². The molecule has 6 nitrogen and oxygen atoms in total. The fourth-order valence-corrected chi connectivity index (χ4v) is 3.55. The highest BCUT2D eigenvalue weighted by atomic mass is 19.1. The second kappa shape index (κ2) is 8.23. The highest BCUT2D eigenvalue weighted by molar-refractivity contribution is 6.08. The van der Waals surface area contributed by atoms with Gasteiger partial charge in [0.2, 0.25) is 0 Å². The second-order valence-electron chi connectivity index (χ2n) is 7.48. The molecule has 1 aliphatic heterocycles. The summed E-state index contributed by atoms with van der Waals surface area (Å²) in [4.78, 5) is 17.4. The molecule has 0 radical (unpaired) electrons. The Balaban J connectivity index is 1.52. The predicted octanol–water partition coefficient (Wildman–Crippen LogP) is 3.37. The van der Waals surface area contributed by atoms with Crippen LogP contribution < -0.4 is 10.2 Å². The van der Waals surface area contributed by atoms with Gasteiger partial charge < -0.3 is 15.1 Å². The SMILES string of the molecule is CN1CCN(c2ccc(NC(=O)c3cn(C)nc3-c3ccc(F)cc3F)cc2)CC1. The molecule has 0 unspecified atom stereocenters. The summed E-state index contributed by atoms with van der Waals surface area (Å²) >= 11 is 0. The lowest BCUT2D eigenvalue weighted by molar-refractivity contribution is 0.102. The molecule has 156 valence electrons. The topological polar surface area (TPSA) is 53.4 Å². The monoisotopic (exact) mass is 411 g/mol. The Morgan fingerprint density at radius 1 is 1.00 bits per heavy atom. The molecular formula is C22H23F2N5O. The van der Waals surface area contributed by atoms with Gasteiger partial charge >= 0.3 is 0 Å². The first-order valence-corrected chi connectivity index (χ1v) is 9.74. The molecule has 8 heteroatoms. The number of nitrogens with zero attached hydrogens (tertiary/aromatic N) is 4. The third kappa shape index (κ3) is 4.18. The van der Waals surface area contributed by atoms with E-state index in [1.165, 1.54) is 16.9 Å². The van der Waals surface area contributed by atoms with Crippen molar-refractivity contribution >= 4 is 17.3 Å². The van der Waals surface area contributed by atoms with Crippen LogP contribution in [0.4, 0.5) is 20.2 Å². The standard InChI is InChI=1S/C22H23F2N5O/c1-27-9-11-29(12-10-27)17-6-4-16(5-7-17)25-22(30)19-14-28(2)26-21(19)18-8-3-15(23)13-20(18)24/h3-8,13-14H,9-12H2,1-2H3,(H,25,30). The minimum absolute atomic E-state index is 0.0764. The molecule has 0 aliphatic carbocycles. The van der Waals surface area contributed by atoms with Crippen molar-refractivity contribution in [1.29, 1.82) is 0 Å². The molecule has 0 saturated carbocycles. The zero-order chi connectivity index (χ0) is 21.3. The van der Waals surface area contributed by atoms with Crippen molar-refractivity contribution in [2.75, 3.05) is 43.4 Å². The van der Waals surface area contributed by atoms with E-state index in [-0.39, 0.29) is 16.8 Å². The predicted molar refractivity (Wildman–Crippen MR) is 113 cm³/mol. The molecule has 4 rings (SSSR count). The summed E-state index contributed by atoms with van der Waals surface area (Å²) in [5.41, 5.74) is 2.20. The molecule has 1 aliphatic rings. The minimum Gasteiger partial charge on any atom is -0.369 e. The third-order valence-corrected chi connectivity index (χ3v) is 5.25. The second-order valence-corrected chi connectivity index (χ2v) is 7.48. The van der Waals surface area contributed by atoms with Crippen LogP contribution in [0.15, 0.2) is 48.7 Å². The Kier molecular flexibility index (Phi) is 5.50. The Morgan fingerprint density at radius 3 is 2.37 bits per heavy atom. The fourth-order valence-electron chi connectivity index (χ4n) is 3.55. The fraction of sp³-hybridized carbons (Fsp3) is 0.273. The molecule has 3 aromatic rings. The van der Waals surface area contributed by atoms with Gasteiger partial charge in [-0.3, -0.25) is 9.48 Å². The summed E-state index contributed by atoms with van der Waals surface area (Å²) in [6.07, 6.45) is 1.52. The smallest absolute Gasteiger partial charge is 0.259 e. The molecule has 1 fully saturated rings. The van der Waals surface area contributed by atoms with Crippen molar-refractivity contribution in [1.82, 2.24) is 14.7 Å². The average Bonchev–Trinajstić information content (AvgIpc) is 3.11. The van der Waals surface area contributed by atoms with Crippen LogP contribution in [0.3, 0.4) is 0 Å². The molecule has 1 saturated heterocycles. The van der Waals surface area contributed by atoms with Crippen LogP contribution in [-0.4, -0.2) is 53.8 Å². The van der Waals surface area contributed by atoms with Crippen LogP contribution >= 0.6 is 0 Å². The number of carbonyl (C=O) groups is 1. The summed E-state index contributed by atoms with van der Waals surface area (Å²) in [5, 5.41) is 7.03. The lowest BCUT2D eigenvalue weighted by atomic mass is 10.1. The van der Waals surface area contributed by atoms with Crippen LogP contribution in [-0.2, 0) is 7.05 Å². The van der Waals surface area contributed by atoms with Crippen molar-refractivity contribution < 1.29 is 13.6 Å². The lowest BCUT2D eigenvalue weighted by Crippen LogP contribution is -2.44. The van der Waals surface area contributed by atoms with Crippen LogP contribution in [0.2, 0.25) is 0 Å². The average molecular weight is 411 g/mol. The Bertz CT molecular complexity index is 1060. The van der Waals surface area contributed by atoms with Crippen molar-refractivity contribution in [3.63, 3.8) is 0 Å². The Morgan fingerprint density at radius 2 is 1.70 bits per heavy atom. The quantitative estimate of drug-likeness (QED) is 0.715. The number of piperazine rings is 1. The van der Waals surface area contributed by atoms with E-state index < -0.39 is 17.5 Å². The van der Waals surface area contributed by atoms with Crippen molar-refractivity contribution in [2.45, 2.75) is 0 Å². The zero-order valence-corrected chi connectivity index (χ0v) is 16.9. The summed E-state index contributed by atoms with van der Waals surface area (Å²) < 4.78 is 28.9. The number of likely N-dealkylation sites (N-methyl/N-ethyl adjacent to an activating group) is 1. The number of amides is 1. The van der Waals surface area contributed by atoms with Gasteiger partial charge in [-0.05, 0) is 43.4 Å². The molecule has 1 N–H and O–H groups in total. The number of aryl methyl sites for hydroxylation is 1.